The van der Waals surface area contributed by atoms with Gasteiger partial charge in [-0.25, -0.2) is 9.59 Å². The van der Waals surface area contributed by atoms with Gasteiger partial charge in [0.15, 0.2) is 0 Å². The van der Waals surface area contributed by atoms with E-state index in [0.717, 1.165) is 58.5 Å². The zero-order valence-electron chi connectivity index (χ0n) is 30.1. The second-order valence-corrected chi connectivity index (χ2v) is 14.8. The molecular formula is C43H46N4O4. The van der Waals surface area contributed by atoms with Crippen molar-refractivity contribution in [1.82, 2.24) is 19.5 Å². The van der Waals surface area contributed by atoms with Crippen LogP contribution in [0.4, 0.5) is 0 Å². The lowest BCUT2D eigenvalue weighted by molar-refractivity contribution is 0.0598. The molecule has 0 saturated heterocycles. The standard InChI is InChI=1S/C23H26N2O2.C20H20N2O2/c1-14(2)13-25-15(3)8-18-9-16(4-7-22(18)25)10-21-20(23(26)27)11-19(12-24-21)17-5-6-17;1-12-7-15-8-13(3-6-18(15)22-12)9-19-17(20(23)24-2)10-16(11-21-19)14-4-5-14/h4,7-9,11-12,14,17H,5-6,10,13H2,1-3H3,(H,26,27);3,6-8,10-11,14,22H,4-5,9H2,1-2H3. The number of ether oxygens (including phenoxy) is 1. The number of rotatable bonds is 10. The van der Waals surface area contributed by atoms with Crippen LogP contribution in [0.2, 0.25) is 0 Å². The number of esters is 1. The smallest absolute Gasteiger partial charge is 0.339 e. The van der Waals surface area contributed by atoms with Crippen LogP contribution in [0.1, 0.15) is 117 Å². The molecule has 0 bridgehead atoms. The van der Waals surface area contributed by atoms with Gasteiger partial charge in [0.1, 0.15) is 0 Å². The third-order valence-corrected chi connectivity index (χ3v) is 10.00. The van der Waals surface area contributed by atoms with Crippen LogP contribution in [-0.2, 0) is 24.1 Å². The van der Waals surface area contributed by atoms with E-state index in [1.54, 1.807) is 0 Å². The molecule has 51 heavy (non-hydrogen) atoms. The number of carbonyl (C=O) groups is 2. The van der Waals surface area contributed by atoms with Gasteiger partial charge in [-0.1, -0.05) is 26.0 Å². The first kappa shape index (κ1) is 34.2. The Morgan fingerprint density at radius 2 is 1.41 bits per heavy atom. The van der Waals surface area contributed by atoms with Crippen LogP contribution in [0.15, 0.2) is 73.1 Å². The Bertz CT molecular complexity index is 2250. The van der Waals surface area contributed by atoms with Crippen molar-refractivity contribution in [1.29, 1.82) is 0 Å². The van der Waals surface area contributed by atoms with Crippen LogP contribution < -0.4 is 0 Å². The van der Waals surface area contributed by atoms with Crippen molar-refractivity contribution in [2.24, 2.45) is 5.92 Å². The molecule has 8 nitrogen and oxygen atoms in total. The van der Waals surface area contributed by atoms with Gasteiger partial charge in [0.05, 0.1) is 29.6 Å². The number of carboxylic acids is 1. The molecule has 2 fully saturated rings. The number of carbonyl (C=O) groups excluding carboxylic acids is 1. The van der Waals surface area contributed by atoms with Crippen LogP contribution in [0, 0.1) is 19.8 Å². The number of benzene rings is 2. The monoisotopic (exact) mass is 682 g/mol. The number of hydrogen-bond donors (Lipinski definition) is 2. The Morgan fingerprint density at radius 3 is 2.00 bits per heavy atom. The van der Waals surface area contributed by atoms with Gasteiger partial charge < -0.3 is 19.4 Å². The molecule has 262 valence electrons. The molecule has 0 radical (unpaired) electrons. The SMILES string of the molecule is COC(=O)c1cc(C2CC2)cnc1Cc1ccc2[nH]c(C)cc2c1.Cc1cc2cc(Cc3ncc(C4CC4)cc3C(=O)O)ccc2n1CC(C)C. The Balaban J connectivity index is 0.000000160. The minimum atomic E-state index is -0.889. The lowest BCUT2D eigenvalue weighted by Gasteiger charge is -2.11. The second-order valence-electron chi connectivity index (χ2n) is 14.8. The summed E-state index contributed by atoms with van der Waals surface area (Å²) in [5.41, 5.74) is 11.6. The van der Waals surface area contributed by atoms with Crippen LogP contribution in [0.25, 0.3) is 21.8 Å². The molecule has 2 saturated carbocycles. The van der Waals surface area contributed by atoms with Crippen molar-refractivity contribution in [3.8, 4) is 0 Å². The number of aryl methyl sites for hydroxylation is 2. The summed E-state index contributed by atoms with van der Waals surface area (Å²) >= 11 is 0. The molecular weight excluding hydrogens is 636 g/mol. The highest BCUT2D eigenvalue weighted by Gasteiger charge is 2.27. The Labute approximate surface area is 298 Å². The van der Waals surface area contributed by atoms with E-state index in [9.17, 15) is 14.7 Å². The number of aromatic amines is 1. The summed E-state index contributed by atoms with van der Waals surface area (Å²) in [6.45, 7) is 9.64. The van der Waals surface area contributed by atoms with E-state index in [2.05, 4.69) is 88.8 Å². The van der Waals surface area contributed by atoms with Crippen molar-refractivity contribution in [2.45, 2.75) is 84.6 Å². The summed E-state index contributed by atoms with van der Waals surface area (Å²) in [6, 6.07) is 20.9. The minimum absolute atomic E-state index is 0.307. The van der Waals surface area contributed by atoms with Crippen molar-refractivity contribution in [2.75, 3.05) is 7.11 Å². The summed E-state index contributed by atoms with van der Waals surface area (Å²) in [5.74, 6) is 0.462. The van der Waals surface area contributed by atoms with Crippen LogP contribution in [0.5, 0.6) is 0 Å². The number of H-pyrrole nitrogens is 1. The van der Waals surface area contributed by atoms with Gasteiger partial charge in [-0.15, -0.1) is 0 Å². The van der Waals surface area contributed by atoms with Crippen LogP contribution >= 0.6 is 0 Å². The van der Waals surface area contributed by atoms with Gasteiger partial charge in [-0.3, -0.25) is 9.97 Å². The average molecular weight is 683 g/mol. The number of carboxylic acid groups (broad SMARTS) is 1. The topological polar surface area (TPSA) is 110 Å². The first-order valence-corrected chi connectivity index (χ1v) is 18.0. The fourth-order valence-electron chi connectivity index (χ4n) is 7.05. The second kappa shape index (κ2) is 14.2. The Kier molecular flexibility index (Phi) is 9.51. The number of nitrogens with one attached hydrogen (secondary N) is 1. The molecule has 8 rings (SSSR count). The van der Waals surface area contributed by atoms with Crippen molar-refractivity contribution >= 4 is 33.7 Å². The summed E-state index contributed by atoms with van der Waals surface area (Å²) in [5, 5.41) is 12.0. The average Bonchev–Trinajstić information content (AvgIpc) is 4.04. The lowest BCUT2D eigenvalue weighted by Crippen LogP contribution is -2.09. The number of fused-ring (bicyclic) bond motifs is 2. The summed E-state index contributed by atoms with van der Waals surface area (Å²) in [6.07, 6.45) is 9.59. The van der Waals surface area contributed by atoms with E-state index in [1.165, 1.54) is 41.9 Å². The highest BCUT2D eigenvalue weighted by Crippen LogP contribution is 2.41. The predicted octanol–water partition coefficient (Wildman–Crippen LogP) is 9.29. The lowest BCUT2D eigenvalue weighted by atomic mass is 10.0. The summed E-state index contributed by atoms with van der Waals surface area (Å²) in [7, 11) is 1.42. The summed E-state index contributed by atoms with van der Waals surface area (Å²) < 4.78 is 7.32. The molecule has 0 spiro atoms. The number of pyridine rings is 2. The van der Waals surface area contributed by atoms with Crippen LogP contribution in [0.3, 0.4) is 0 Å². The number of methoxy groups -OCH3 is 1. The van der Waals surface area contributed by atoms with Gasteiger partial charge in [-0.05, 0) is 133 Å². The fourth-order valence-corrected chi connectivity index (χ4v) is 7.05. The highest BCUT2D eigenvalue weighted by atomic mass is 16.5. The zero-order valence-corrected chi connectivity index (χ0v) is 30.1. The predicted molar refractivity (Wildman–Crippen MR) is 201 cm³/mol. The number of hydrogen-bond acceptors (Lipinski definition) is 5. The molecule has 2 N–H and O–H groups in total. The molecule has 0 unspecified atom stereocenters. The number of aromatic nitrogens is 4. The largest absolute Gasteiger partial charge is 0.478 e. The molecule has 2 aliphatic carbocycles. The van der Waals surface area contributed by atoms with Gasteiger partial charge in [0.2, 0.25) is 0 Å². The molecule has 4 aromatic heterocycles. The van der Waals surface area contributed by atoms with Crippen molar-refractivity contribution in [3.63, 3.8) is 0 Å². The van der Waals surface area contributed by atoms with Crippen molar-refractivity contribution < 1.29 is 19.4 Å². The maximum Gasteiger partial charge on any atom is 0.339 e. The van der Waals surface area contributed by atoms with Gasteiger partial charge in [0, 0.05) is 59.6 Å². The molecule has 2 aliphatic rings. The van der Waals surface area contributed by atoms with Gasteiger partial charge in [-0.2, -0.15) is 0 Å². The maximum atomic E-state index is 12.2. The van der Waals surface area contributed by atoms with Crippen LogP contribution in [-0.4, -0.2) is 43.7 Å². The van der Waals surface area contributed by atoms with E-state index in [-0.39, 0.29) is 5.97 Å². The van der Waals surface area contributed by atoms with Crippen molar-refractivity contribution in [3.05, 3.63) is 129 Å². The molecule has 6 aromatic rings. The highest BCUT2D eigenvalue weighted by molar-refractivity contribution is 5.91. The first-order chi connectivity index (χ1) is 24.6. The molecule has 0 atom stereocenters. The van der Waals surface area contributed by atoms with Gasteiger partial charge in [0.25, 0.3) is 0 Å². The molecule has 0 aliphatic heterocycles. The first-order valence-electron chi connectivity index (χ1n) is 18.0. The number of nitrogens with zero attached hydrogens (tertiary/aromatic N) is 3. The third kappa shape index (κ3) is 7.75. The zero-order chi connectivity index (χ0) is 35.8. The Hall–Kier alpha value is -5.24. The van der Waals surface area contributed by atoms with E-state index in [1.807, 2.05) is 31.5 Å². The molecule has 2 aromatic carbocycles. The van der Waals surface area contributed by atoms with E-state index >= 15 is 0 Å². The van der Waals surface area contributed by atoms with E-state index in [4.69, 9.17) is 4.74 Å². The quantitative estimate of drug-likeness (QED) is 0.139. The minimum Gasteiger partial charge on any atom is -0.478 e. The number of aromatic carboxylic acids is 1. The molecule has 4 heterocycles. The molecule has 0 amide bonds. The Morgan fingerprint density at radius 1 is 0.824 bits per heavy atom. The third-order valence-electron chi connectivity index (χ3n) is 10.00. The normalized spacial score (nSPS) is 14.2. The van der Waals surface area contributed by atoms with E-state index in [0.29, 0.717) is 47.4 Å². The maximum absolute atomic E-state index is 12.2. The molecule has 8 heteroatoms. The summed E-state index contributed by atoms with van der Waals surface area (Å²) in [4.78, 5) is 36.3. The van der Waals surface area contributed by atoms with Gasteiger partial charge >= 0.3 is 11.9 Å². The fraction of sp³-hybridized carbons (Fsp3) is 0.349. The van der Waals surface area contributed by atoms with E-state index < -0.39 is 5.97 Å².